The van der Waals surface area contributed by atoms with E-state index in [2.05, 4.69) is 53.3 Å². The third kappa shape index (κ3) is 6.72. The number of benzene rings is 2. The summed E-state index contributed by atoms with van der Waals surface area (Å²) in [7, 11) is 0. The third-order valence-electron chi connectivity index (χ3n) is 2.35. The van der Waals surface area contributed by atoms with Crippen LogP contribution in [0, 0.1) is 0 Å². The van der Waals surface area contributed by atoms with Crippen LogP contribution in [0.2, 0.25) is 0 Å². The molecule has 0 saturated heterocycles. The second kappa shape index (κ2) is 10.3. The lowest BCUT2D eigenvalue weighted by atomic mass is 10.1. The first-order valence-electron chi connectivity index (χ1n) is 6.28. The van der Waals surface area contributed by atoms with Crippen molar-refractivity contribution >= 4 is 0 Å². The molecule has 0 aliphatic carbocycles. The second-order valence-electron chi connectivity index (χ2n) is 3.79. The molecule has 2 aromatic rings. The number of rotatable bonds is 5. The summed E-state index contributed by atoms with van der Waals surface area (Å²) in [5.41, 5.74) is 2.55. The Morgan fingerprint density at radius 2 is 1.00 bits per heavy atom. The van der Waals surface area contributed by atoms with E-state index in [1.165, 1.54) is 11.1 Å². The van der Waals surface area contributed by atoms with Crippen LogP contribution in [0.4, 0.5) is 0 Å². The van der Waals surface area contributed by atoms with Gasteiger partial charge in [-0.3, -0.25) is 0 Å². The summed E-state index contributed by atoms with van der Waals surface area (Å²) in [5.74, 6) is 0. The Morgan fingerprint density at radius 1 is 0.632 bits per heavy atom. The summed E-state index contributed by atoms with van der Waals surface area (Å²) in [5, 5.41) is 16.2. The third-order valence-corrected chi connectivity index (χ3v) is 2.35. The lowest BCUT2D eigenvalue weighted by Gasteiger charge is -1.98. The molecular weight excluding hydrogens is 240 g/mol. The van der Waals surface area contributed by atoms with Gasteiger partial charge in [0.1, 0.15) is 0 Å². The number of hydrogen-bond donors (Lipinski definition) is 2. The maximum absolute atomic E-state index is 8.09. The maximum Gasteiger partial charge on any atom is 0.0698 e. The molecule has 2 aromatic carbocycles. The molecule has 0 radical (unpaired) electrons. The molecule has 102 valence electrons. The zero-order valence-corrected chi connectivity index (χ0v) is 10.9. The van der Waals surface area contributed by atoms with E-state index in [4.69, 9.17) is 10.2 Å². The molecule has 0 atom stereocenters. The lowest BCUT2D eigenvalue weighted by Crippen LogP contribution is -2.03. The van der Waals surface area contributed by atoms with Crippen LogP contribution in [-0.4, -0.2) is 36.6 Å². The largest absolute Gasteiger partial charge is 0.394 e. The molecule has 0 saturated carbocycles. The monoisotopic (exact) mass is 260 g/mol. The SMILES string of the molecule is OCCOCCO.c1ccc(-c2ccccc2)cc1. The molecule has 0 fully saturated rings. The first kappa shape index (κ1) is 15.4. The molecular formula is C16H20O3. The Morgan fingerprint density at radius 3 is 1.32 bits per heavy atom. The van der Waals surface area contributed by atoms with Crippen LogP contribution >= 0.6 is 0 Å². The van der Waals surface area contributed by atoms with E-state index in [1.54, 1.807) is 0 Å². The fourth-order valence-electron chi connectivity index (χ4n) is 1.49. The van der Waals surface area contributed by atoms with Crippen molar-refractivity contribution in [1.82, 2.24) is 0 Å². The molecule has 0 heterocycles. The number of hydrogen-bond acceptors (Lipinski definition) is 3. The van der Waals surface area contributed by atoms with Crippen LogP contribution < -0.4 is 0 Å². The molecule has 0 aliphatic rings. The Balaban J connectivity index is 0.000000224. The average Bonchev–Trinajstić information content (AvgIpc) is 2.50. The summed E-state index contributed by atoms with van der Waals surface area (Å²) in [6.45, 7) is 0.696. The molecule has 0 amide bonds. The van der Waals surface area contributed by atoms with Gasteiger partial charge in [0.2, 0.25) is 0 Å². The molecule has 3 heteroatoms. The van der Waals surface area contributed by atoms with Gasteiger partial charge in [-0.05, 0) is 11.1 Å². The van der Waals surface area contributed by atoms with Gasteiger partial charge in [0.15, 0.2) is 0 Å². The van der Waals surface area contributed by atoms with Crippen molar-refractivity contribution < 1.29 is 14.9 Å². The average molecular weight is 260 g/mol. The van der Waals surface area contributed by atoms with Crippen molar-refractivity contribution in [2.24, 2.45) is 0 Å². The minimum absolute atomic E-state index is 0.0278. The smallest absolute Gasteiger partial charge is 0.0698 e. The van der Waals surface area contributed by atoms with Crippen molar-refractivity contribution in [2.45, 2.75) is 0 Å². The van der Waals surface area contributed by atoms with Gasteiger partial charge in [0.05, 0.1) is 26.4 Å². The van der Waals surface area contributed by atoms with Crippen LogP contribution in [0.3, 0.4) is 0 Å². The van der Waals surface area contributed by atoms with E-state index in [1.807, 2.05) is 12.1 Å². The second-order valence-corrected chi connectivity index (χ2v) is 3.79. The van der Waals surface area contributed by atoms with Crippen molar-refractivity contribution in [3.63, 3.8) is 0 Å². The zero-order valence-electron chi connectivity index (χ0n) is 10.9. The Kier molecular flexibility index (Phi) is 8.31. The van der Waals surface area contributed by atoms with Crippen LogP contribution in [0.25, 0.3) is 11.1 Å². The van der Waals surface area contributed by atoms with Crippen LogP contribution in [-0.2, 0) is 4.74 Å². The standard InChI is InChI=1S/C12H10.C4H10O3/c1-3-7-11(8-4-1)12-9-5-2-6-10-12;5-1-3-7-4-2-6/h1-10H;5-6H,1-4H2. The van der Waals surface area contributed by atoms with Crippen LogP contribution in [0.15, 0.2) is 60.7 Å². The van der Waals surface area contributed by atoms with Crippen LogP contribution in [0.1, 0.15) is 0 Å². The number of aliphatic hydroxyl groups excluding tert-OH is 2. The van der Waals surface area contributed by atoms with E-state index < -0.39 is 0 Å². The van der Waals surface area contributed by atoms with Gasteiger partial charge in [0.25, 0.3) is 0 Å². The van der Waals surface area contributed by atoms with E-state index in [-0.39, 0.29) is 13.2 Å². The summed E-state index contributed by atoms with van der Waals surface area (Å²) in [6, 6.07) is 20.8. The van der Waals surface area contributed by atoms with Gasteiger partial charge in [0, 0.05) is 0 Å². The molecule has 0 aliphatic heterocycles. The van der Waals surface area contributed by atoms with Crippen molar-refractivity contribution in [1.29, 1.82) is 0 Å². The number of ether oxygens (including phenoxy) is 1. The highest BCUT2D eigenvalue weighted by Crippen LogP contribution is 2.17. The zero-order chi connectivity index (χ0) is 13.8. The van der Waals surface area contributed by atoms with Crippen LogP contribution in [0.5, 0.6) is 0 Å². The Hall–Kier alpha value is -1.68. The molecule has 0 aromatic heterocycles. The normalized spacial score (nSPS) is 9.58. The minimum Gasteiger partial charge on any atom is -0.394 e. The summed E-state index contributed by atoms with van der Waals surface area (Å²) < 4.78 is 4.63. The van der Waals surface area contributed by atoms with Crippen molar-refractivity contribution in [3.05, 3.63) is 60.7 Å². The highest BCUT2D eigenvalue weighted by Gasteiger charge is 1.91. The first-order valence-corrected chi connectivity index (χ1v) is 6.28. The first-order chi connectivity index (χ1) is 9.38. The molecule has 0 bridgehead atoms. The van der Waals surface area contributed by atoms with E-state index in [9.17, 15) is 0 Å². The quantitative estimate of drug-likeness (QED) is 0.811. The van der Waals surface area contributed by atoms with E-state index >= 15 is 0 Å². The lowest BCUT2D eigenvalue weighted by molar-refractivity contribution is 0.0650. The van der Waals surface area contributed by atoms with E-state index in [0.717, 1.165) is 0 Å². The molecule has 2 rings (SSSR count). The van der Waals surface area contributed by atoms with Gasteiger partial charge >= 0.3 is 0 Å². The number of aliphatic hydroxyl groups is 2. The van der Waals surface area contributed by atoms with Gasteiger partial charge < -0.3 is 14.9 Å². The fourth-order valence-corrected chi connectivity index (χ4v) is 1.49. The maximum atomic E-state index is 8.09. The predicted octanol–water partition coefficient (Wildman–Crippen LogP) is 2.34. The summed E-state index contributed by atoms with van der Waals surface area (Å²) >= 11 is 0. The molecule has 19 heavy (non-hydrogen) atoms. The van der Waals surface area contributed by atoms with Gasteiger partial charge in [-0.25, -0.2) is 0 Å². The van der Waals surface area contributed by atoms with Crippen molar-refractivity contribution in [3.8, 4) is 11.1 Å². The molecule has 2 N–H and O–H groups in total. The highest BCUT2D eigenvalue weighted by molar-refractivity contribution is 5.62. The molecule has 0 spiro atoms. The fraction of sp³-hybridized carbons (Fsp3) is 0.250. The predicted molar refractivity (Wildman–Crippen MR) is 76.9 cm³/mol. The van der Waals surface area contributed by atoms with Crippen molar-refractivity contribution in [2.75, 3.05) is 26.4 Å². The Labute approximate surface area is 114 Å². The molecule has 0 unspecified atom stereocenters. The van der Waals surface area contributed by atoms with Gasteiger partial charge in [-0.15, -0.1) is 0 Å². The topological polar surface area (TPSA) is 49.7 Å². The minimum atomic E-state index is 0.0278. The van der Waals surface area contributed by atoms with Gasteiger partial charge in [-0.1, -0.05) is 60.7 Å². The van der Waals surface area contributed by atoms with Gasteiger partial charge in [-0.2, -0.15) is 0 Å². The summed E-state index contributed by atoms with van der Waals surface area (Å²) in [4.78, 5) is 0. The highest BCUT2D eigenvalue weighted by atomic mass is 16.5. The molecule has 3 nitrogen and oxygen atoms in total. The van der Waals surface area contributed by atoms with E-state index in [0.29, 0.717) is 13.2 Å². The summed E-state index contributed by atoms with van der Waals surface area (Å²) in [6.07, 6.45) is 0. The Bertz CT molecular complexity index is 373.